The van der Waals surface area contributed by atoms with E-state index in [1.165, 1.54) is 0 Å². The molecular formula is C16H26NO4+. The Hall–Kier alpha value is -1.10. The van der Waals surface area contributed by atoms with Crippen LogP contribution in [-0.4, -0.2) is 56.3 Å². The van der Waals surface area contributed by atoms with Gasteiger partial charge in [-0.2, -0.15) is 0 Å². The summed E-state index contributed by atoms with van der Waals surface area (Å²) in [6.45, 7) is 4.48. The van der Waals surface area contributed by atoms with Gasteiger partial charge >= 0.3 is 11.9 Å². The van der Waals surface area contributed by atoms with Crippen LogP contribution in [0, 0.1) is 23.7 Å². The molecule has 0 spiro atoms. The second-order valence-corrected chi connectivity index (χ2v) is 7.47. The number of hydrogen-bond acceptors (Lipinski definition) is 4. The molecule has 5 atom stereocenters. The van der Waals surface area contributed by atoms with Crippen molar-refractivity contribution in [1.82, 2.24) is 0 Å². The minimum absolute atomic E-state index is 0.0803. The van der Waals surface area contributed by atoms with Crippen molar-refractivity contribution in [3.63, 3.8) is 0 Å². The SMILES string of the molecule is CCC[N+](C)(C)CCOC(=O)[C@H]1[C@H]2C[C@@H]3[C@@H]1C(=O)O[C@@H]3C2. The van der Waals surface area contributed by atoms with Crippen molar-refractivity contribution in [2.24, 2.45) is 23.7 Å². The van der Waals surface area contributed by atoms with Crippen molar-refractivity contribution in [3.05, 3.63) is 0 Å². The van der Waals surface area contributed by atoms with Gasteiger partial charge in [0.25, 0.3) is 0 Å². The number of rotatable bonds is 6. The van der Waals surface area contributed by atoms with Crippen LogP contribution in [-0.2, 0) is 19.1 Å². The minimum Gasteiger partial charge on any atom is -0.462 e. The highest BCUT2D eigenvalue weighted by molar-refractivity contribution is 5.85. The van der Waals surface area contributed by atoms with Crippen LogP contribution in [0.1, 0.15) is 26.2 Å². The summed E-state index contributed by atoms with van der Waals surface area (Å²) in [7, 11) is 4.29. The molecule has 0 unspecified atom stereocenters. The molecule has 0 aromatic carbocycles. The maximum atomic E-state index is 12.4. The van der Waals surface area contributed by atoms with Gasteiger partial charge in [0.1, 0.15) is 19.3 Å². The van der Waals surface area contributed by atoms with Crippen molar-refractivity contribution in [3.8, 4) is 0 Å². The average molecular weight is 296 g/mol. The maximum absolute atomic E-state index is 12.4. The average Bonchev–Trinajstić information content (AvgIpc) is 2.98. The van der Waals surface area contributed by atoms with Gasteiger partial charge < -0.3 is 14.0 Å². The van der Waals surface area contributed by atoms with Gasteiger partial charge in [-0.15, -0.1) is 0 Å². The van der Waals surface area contributed by atoms with Crippen molar-refractivity contribution in [2.75, 3.05) is 33.8 Å². The van der Waals surface area contributed by atoms with Gasteiger partial charge in [-0.3, -0.25) is 9.59 Å². The van der Waals surface area contributed by atoms with Crippen molar-refractivity contribution in [2.45, 2.75) is 32.3 Å². The van der Waals surface area contributed by atoms with Crippen LogP contribution < -0.4 is 0 Å². The summed E-state index contributed by atoms with van der Waals surface area (Å²) in [5.74, 6) is -0.257. The molecule has 1 saturated heterocycles. The van der Waals surface area contributed by atoms with Gasteiger partial charge in [-0.1, -0.05) is 6.92 Å². The number of quaternary nitrogens is 1. The molecule has 2 aliphatic carbocycles. The van der Waals surface area contributed by atoms with E-state index in [0.717, 1.165) is 36.8 Å². The molecule has 3 fully saturated rings. The van der Waals surface area contributed by atoms with E-state index in [9.17, 15) is 9.59 Å². The van der Waals surface area contributed by atoms with Crippen LogP contribution in [0.4, 0.5) is 0 Å². The molecule has 1 aliphatic heterocycles. The summed E-state index contributed by atoms with van der Waals surface area (Å²) >= 11 is 0. The molecule has 118 valence electrons. The van der Waals surface area contributed by atoms with Crippen molar-refractivity contribution < 1.29 is 23.5 Å². The van der Waals surface area contributed by atoms with Gasteiger partial charge in [0.15, 0.2) is 0 Å². The van der Waals surface area contributed by atoms with E-state index < -0.39 is 0 Å². The summed E-state index contributed by atoms with van der Waals surface area (Å²) in [6.07, 6.45) is 3.00. The fraction of sp³-hybridized carbons (Fsp3) is 0.875. The Morgan fingerprint density at radius 1 is 1.33 bits per heavy atom. The lowest BCUT2D eigenvalue weighted by molar-refractivity contribution is -0.890. The first-order chi connectivity index (χ1) is 9.93. The lowest BCUT2D eigenvalue weighted by atomic mass is 9.80. The zero-order valence-electron chi connectivity index (χ0n) is 13.2. The van der Waals surface area contributed by atoms with Gasteiger partial charge in [0.05, 0.1) is 32.5 Å². The normalized spacial score (nSPS) is 36.9. The topological polar surface area (TPSA) is 52.6 Å². The smallest absolute Gasteiger partial charge is 0.310 e. The molecule has 1 heterocycles. The van der Waals surface area contributed by atoms with E-state index in [1.54, 1.807) is 0 Å². The molecule has 3 aliphatic rings. The highest BCUT2D eigenvalue weighted by Crippen LogP contribution is 2.57. The predicted molar refractivity (Wildman–Crippen MR) is 76.2 cm³/mol. The molecule has 0 N–H and O–H groups in total. The number of ether oxygens (including phenoxy) is 2. The molecule has 0 aromatic heterocycles. The Bertz CT molecular complexity index is 446. The van der Waals surface area contributed by atoms with Crippen LogP contribution in [0.15, 0.2) is 0 Å². The number of nitrogens with zero attached hydrogens (tertiary/aromatic N) is 1. The molecule has 5 nitrogen and oxygen atoms in total. The largest absolute Gasteiger partial charge is 0.462 e. The molecule has 5 heteroatoms. The van der Waals surface area contributed by atoms with Crippen LogP contribution in [0.2, 0.25) is 0 Å². The Morgan fingerprint density at radius 3 is 2.81 bits per heavy atom. The number of carbonyl (C=O) groups is 2. The monoisotopic (exact) mass is 296 g/mol. The zero-order valence-corrected chi connectivity index (χ0v) is 13.2. The van der Waals surface area contributed by atoms with Gasteiger partial charge in [0, 0.05) is 5.92 Å². The molecule has 2 bridgehead atoms. The fourth-order valence-electron chi connectivity index (χ4n) is 4.53. The second-order valence-electron chi connectivity index (χ2n) is 7.47. The first-order valence-corrected chi connectivity index (χ1v) is 8.12. The summed E-state index contributed by atoms with van der Waals surface area (Å²) < 4.78 is 11.7. The molecule has 3 rings (SSSR count). The summed E-state index contributed by atoms with van der Waals surface area (Å²) in [6, 6.07) is 0. The lowest BCUT2D eigenvalue weighted by Crippen LogP contribution is -2.43. The van der Waals surface area contributed by atoms with E-state index >= 15 is 0 Å². The number of esters is 2. The third-order valence-electron chi connectivity index (χ3n) is 5.53. The second kappa shape index (κ2) is 5.27. The molecule has 0 aromatic rings. The number of carbonyl (C=O) groups excluding carboxylic acids is 2. The predicted octanol–water partition coefficient (Wildman–Crippen LogP) is 1.21. The maximum Gasteiger partial charge on any atom is 0.310 e. The Kier molecular flexibility index (Phi) is 3.72. The molecule has 0 amide bonds. The van der Waals surface area contributed by atoms with E-state index in [0.29, 0.717) is 12.5 Å². The first kappa shape index (κ1) is 14.8. The Labute approximate surface area is 126 Å². The molecule has 21 heavy (non-hydrogen) atoms. The van der Waals surface area contributed by atoms with Gasteiger partial charge in [0.2, 0.25) is 0 Å². The van der Waals surface area contributed by atoms with Crippen LogP contribution in [0.5, 0.6) is 0 Å². The standard InChI is InChI=1S/C16H26NO4/c1-4-5-17(2,3)6-7-20-15(18)13-10-8-11-12(9-10)21-16(19)14(11)13/h10-14H,4-9H2,1-3H3/q+1/t10-,11-,12+,13-,14-/m0/s1. The van der Waals surface area contributed by atoms with E-state index in [4.69, 9.17) is 9.47 Å². The number of fused-ring (bicyclic) bond motifs is 1. The van der Waals surface area contributed by atoms with E-state index in [2.05, 4.69) is 21.0 Å². The Morgan fingerprint density at radius 2 is 2.10 bits per heavy atom. The third-order valence-corrected chi connectivity index (χ3v) is 5.53. The van der Waals surface area contributed by atoms with Crippen LogP contribution >= 0.6 is 0 Å². The first-order valence-electron chi connectivity index (χ1n) is 8.12. The van der Waals surface area contributed by atoms with Crippen LogP contribution in [0.25, 0.3) is 0 Å². The van der Waals surface area contributed by atoms with E-state index in [1.807, 2.05) is 0 Å². The third kappa shape index (κ3) is 2.56. The van der Waals surface area contributed by atoms with Crippen molar-refractivity contribution in [1.29, 1.82) is 0 Å². The quantitative estimate of drug-likeness (QED) is 0.546. The summed E-state index contributed by atoms with van der Waals surface area (Å²) in [5, 5.41) is 0. The van der Waals surface area contributed by atoms with Gasteiger partial charge in [-0.25, -0.2) is 0 Å². The molecule has 0 radical (unpaired) electrons. The number of hydrogen-bond donors (Lipinski definition) is 0. The summed E-state index contributed by atoms with van der Waals surface area (Å²) in [4.78, 5) is 24.3. The highest BCUT2D eigenvalue weighted by Gasteiger charge is 2.64. The summed E-state index contributed by atoms with van der Waals surface area (Å²) in [5.41, 5.74) is 0. The van der Waals surface area contributed by atoms with Gasteiger partial charge in [-0.05, 0) is 25.2 Å². The minimum atomic E-state index is -0.247. The van der Waals surface area contributed by atoms with Crippen LogP contribution in [0.3, 0.4) is 0 Å². The molecule has 2 saturated carbocycles. The van der Waals surface area contributed by atoms with Crippen molar-refractivity contribution >= 4 is 11.9 Å². The van der Waals surface area contributed by atoms with E-state index in [-0.39, 0.29) is 35.8 Å². The highest BCUT2D eigenvalue weighted by atomic mass is 16.6. The zero-order chi connectivity index (χ0) is 15.2. The fourth-order valence-corrected chi connectivity index (χ4v) is 4.53. The molecular weight excluding hydrogens is 270 g/mol. The number of likely N-dealkylation sites (N-methyl/N-ethyl adjacent to an activating group) is 1. The lowest BCUT2D eigenvalue weighted by Gasteiger charge is -2.29. The Balaban J connectivity index is 1.54.